The molecule has 4 aliphatic rings. The molecule has 4 heterocycles. The van der Waals surface area contributed by atoms with E-state index in [0.29, 0.717) is 46.8 Å². The van der Waals surface area contributed by atoms with Gasteiger partial charge in [0.15, 0.2) is 0 Å². The highest BCUT2D eigenvalue weighted by Crippen LogP contribution is 2.46. The van der Waals surface area contributed by atoms with Gasteiger partial charge in [-0.3, -0.25) is 9.80 Å². The van der Waals surface area contributed by atoms with Crippen LogP contribution >= 0.6 is 0 Å². The molecule has 2 fully saturated rings. The number of methoxy groups -OCH3 is 2. The van der Waals surface area contributed by atoms with E-state index in [9.17, 15) is 9.59 Å². The Kier molecular flexibility index (Phi) is 8.22. The summed E-state index contributed by atoms with van der Waals surface area (Å²) < 4.78 is 11.1. The van der Waals surface area contributed by atoms with Gasteiger partial charge in [0.25, 0.3) is 0 Å². The molecule has 2 saturated heterocycles. The van der Waals surface area contributed by atoms with Crippen molar-refractivity contribution in [3.05, 3.63) is 58.9 Å². The summed E-state index contributed by atoms with van der Waals surface area (Å²) in [7, 11) is 3.52. The molecule has 0 spiro atoms. The Labute approximate surface area is 279 Å². The topological polar surface area (TPSA) is 113 Å². The lowest BCUT2D eigenvalue weighted by atomic mass is 9.73. The first kappa shape index (κ1) is 31.4. The van der Waals surface area contributed by atoms with Crippen LogP contribution in [0.25, 0.3) is 21.8 Å². The first-order chi connectivity index (χ1) is 23.4. The first-order valence-corrected chi connectivity index (χ1v) is 17.3. The van der Waals surface area contributed by atoms with Crippen LogP contribution in [0, 0.1) is 11.8 Å². The van der Waals surface area contributed by atoms with E-state index in [0.717, 1.165) is 87.2 Å². The quantitative estimate of drug-likeness (QED) is 0.263. The van der Waals surface area contributed by atoms with Gasteiger partial charge in [-0.15, -0.1) is 10.2 Å². The molecular formula is C36H44N6O6. The number of carbonyl (C=O) groups excluding carboxylic acids is 2. The van der Waals surface area contributed by atoms with Crippen LogP contribution in [-0.4, -0.2) is 107 Å². The van der Waals surface area contributed by atoms with Gasteiger partial charge < -0.3 is 19.1 Å². The lowest BCUT2D eigenvalue weighted by Crippen LogP contribution is -2.50. The van der Waals surface area contributed by atoms with E-state index in [2.05, 4.69) is 35.8 Å². The van der Waals surface area contributed by atoms with Gasteiger partial charge in [-0.25, -0.2) is 9.59 Å². The van der Waals surface area contributed by atoms with Gasteiger partial charge in [-0.05, 0) is 61.0 Å². The Morgan fingerprint density at radius 3 is 1.54 bits per heavy atom. The van der Waals surface area contributed by atoms with E-state index in [1.807, 2.05) is 24.3 Å². The number of hydrogen-bond donors (Lipinski definition) is 0. The normalized spacial score (nSPS) is 26.8. The number of likely N-dealkylation sites (tertiary alicyclic amines) is 2. The Bertz CT molecular complexity index is 1730. The van der Waals surface area contributed by atoms with Crippen molar-refractivity contribution in [1.29, 1.82) is 0 Å². The fourth-order valence-electron chi connectivity index (χ4n) is 9.44. The summed E-state index contributed by atoms with van der Waals surface area (Å²) in [6, 6.07) is 12.6. The fraction of sp³-hybridized carbons (Fsp3) is 0.556. The zero-order chi connectivity index (χ0) is 33.1. The first-order valence-electron chi connectivity index (χ1n) is 17.3. The standard InChI is InChI=1S/C36H44N6O6/c1-5-39-17-21(19-45-3)13-25-23-9-7-11-29-33(23)27(15-31(25)39)37-41(29)47-35(43)36(44)48-42-30-12-8-10-24-26-14-22(20-46-4)18-40(6-2)32(26)16-28(38-42)34(24)30/h7-12,21-22,25-26,31-32H,5-6,13-20H2,1-4H3/t21?,22?,25-,26-,31-,32-/m1/s1. The number of aromatic nitrogens is 4. The highest BCUT2D eigenvalue weighted by molar-refractivity contribution is 6.30. The predicted octanol–water partition coefficient (Wildman–Crippen LogP) is 2.99. The third-order valence-electron chi connectivity index (χ3n) is 11.3. The van der Waals surface area contributed by atoms with Crippen molar-refractivity contribution in [2.24, 2.45) is 11.8 Å². The second kappa shape index (κ2) is 12.6. The van der Waals surface area contributed by atoms with E-state index >= 15 is 0 Å². The molecular weight excluding hydrogens is 612 g/mol. The zero-order valence-corrected chi connectivity index (χ0v) is 28.1. The minimum Gasteiger partial charge on any atom is -0.384 e. The van der Waals surface area contributed by atoms with Crippen LogP contribution in [0.2, 0.25) is 0 Å². The van der Waals surface area contributed by atoms with Crippen molar-refractivity contribution >= 4 is 33.7 Å². The lowest BCUT2D eigenvalue weighted by Gasteiger charge is -2.46. The highest BCUT2D eigenvalue weighted by Gasteiger charge is 2.43. The van der Waals surface area contributed by atoms with Crippen molar-refractivity contribution in [2.75, 3.05) is 53.6 Å². The van der Waals surface area contributed by atoms with Crippen LogP contribution in [0.15, 0.2) is 36.4 Å². The second-order valence-electron chi connectivity index (χ2n) is 13.9. The predicted molar refractivity (Wildman–Crippen MR) is 178 cm³/mol. The van der Waals surface area contributed by atoms with E-state index < -0.39 is 11.9 Å². The number of nitrogens with zero attached hydrogens (tertiary/aromatic N) is 6. The zero-order valence-electron chi connectivity index (χ0n) is 28.1. The molecule has 0 N–H and O–H groups in total. The number of fused-ring (bicyclic) bond motifs is 4. The Balaban J connectivity index is 1.04. The van der Waals surface area contributed by atoms with Crippen LogP contribution in [0.4, 0.5) is 0 Å². The van der Waals surface area contributed by atoms with Crippen LogP contribution in [0.5, 0.6) is 0 Å². The lowest BCUT2D eigenvalue weighted by molar-refractivity contribution is -0.169. The van der Waals surface area contributed by atoms with Crippen LogP contribution in [0.1, 0.15) is 61.0 Å². The van der Waals surface area contributed by atoms with Gasteiger partial charge in [0, 0.05) is 74.8 Å². The summed E-state index contributed by atoms with van der Waals surface area (Å²) in [5.41, 5.74) is 5.48. The summed E-state index contributed by atoms with van der Waals surface area (Å²) in [6.45, 7) is 9.67. The molecule has 2 aliphatic heterocycles. The van der Waals surface area contributed by atoms with Crippen LogP contribution in [-0.2, 0) is 31.9 Å². The number of rotatable bonds is 8. The Morgan fingerprint density at radius 2 is 1.15 bits per heavy atom. The maximum Gasteiger partial charge on any atom is 0.445 e. The van der Waals surface area contributed by atoms with Crippen molar-refractivity contribution < 1.29 is 28.7 Å². The van der Waals surface area contributed by atoms with E-state index in [-0.39, 0.29) is 0 Å². The molecule has 12 heteroatoms. The number of piperidine rings is 2. The molecule has 2 aromatic heterocycles. The third-order valence-corrected chi connectivity index (χ3v) is 11.3. The fourth-order valence-corrected chi connectivity index (χ4v) is 9.44. The van der Waals surface area contributed by atoms with Crippen molar-refractivity contribution in [3.8, 4) is 0 Å². The molecule has 0 saturated carbocycles. The van der Waals surface area contributed by atoms with Gasteiger partial charge in [-0.2, -0.15) is 0 Å². The molecule has 8 rings (SSSR count). The molecule has 0 radical (unpaired) electrons. The number of likely N-dealkylation sites (N-methyl/N-ethyl adjacent to an activating group) is 2. The Morgan fingerprint density at radius 1 is 0.708 bits per heavy atom. The molecule has 0 amide bonds. The minimum absolute atomic E-state index is 0.305. The van der Waals surface area contributed by atoms with Crippen molar-refractivity contribution in [3.63, 3.8) is 0 Å². The van der Waals surface area contributed by atoms with Crippen molar-refractivity contribution in [1.82, 2.24) is 29.7 Å². The van der Waals surface area contributed by atoms with Gasteiger partial charge in [0.1, 0.15) is 11.0 Å². The SMILES string of the molecule is CCN1CC(COC)C[C@@H]2c3cccc4c3c(nn4OC(=O)C(=O)On3nc4c5c(cccc53)[C@H]3CC(COC)CN(CC)[C@@H]3C4)C[C@H]21. The molecule has 2 aromatic carbocycles. The Hall–Kier alpha value is -3.84. The molecule has 12 nitrogen and oxygen atoms in total. The number of carbonyl (C=O) groups is 2. The molecule has 48 heavy (non-hydrogen) atoms. The average molecular weight is 657 g/mol. The monoisotopic (exact) mass is 656 g/mol. The molecule has 254 valence electrons. The summed E-state index contributed by atoms with van der Waals surface area (Å²) in [5, 5.41) is 11.4. The molecule has 2 unspecified atom stereocenters. The van der Waals surface area contributed by atoms with Gasteiger partial charge >= 0.3 is 11.9 Å². The van der Waals surface area contributed by atoms with E-state index in [4.69, 9.17) is 29.3 Å². The smallest absolute Gasteiger partial charge is 0.384 e. The average Bonchev–Trinajstić information content (AvgIpc) is 3.63. The minimum atomic E-state index is -1.16. The second-order valence-corrected chi connectivity index (χ2v) is 13.9. The summed E-state index contributed by atoms with van der Waals surface area (Å²) in [6.07, 6.45) is 3.54. The van der Waals surface area contributed by atoms with Gasteiger partial charge in [0.05, 0.1) is 24.6 Å². The number of benzene rings is 2. The highest BCUT2D eigenvalue weighted by atomic mass is 16.8. The van der Waals surface area contributed by atoms with E-state index in [1.165, 1.54) is 20.8 Å². The third kappa shape index (κ3) is 5.12. The van der Waals surface area contributed by atoms with E-state index in [1.54, 1.807) is 14.2 Å². The molecule has 0 bridgehead atoms. The van der Waals surface area contributed by atoms with Gasteiger partial charge in [-0.1, -0.05) is 47.8 Å². The van der Waals surface area contributed by atoms with Crippen molar-refractivity contribution in [2.45, 2.75) is 63.5 Å². The maximum absolute atomic E-state index is 13.3. The van der Waals surface area contributed by atoms with Gasteiger partial charge in [0.2, 0.25) is 0 Å². The summed E-state index contributed by atoms with van der Waals surface area (Å²) in [5.74, 6) is -0.792. The largest absolute Gasteiger partial charge is 0.445 e. The number of hydrogen-bond acceptors (Lipinski definition) is 10. The molecule has 2 aliphatic carbocycles. The van der Waals surface area contributed by atoms with Crippen LogP contribution in [0.3, 0.4) is 0 Å². The molecule has 4 aromatic rings. The summed E-state index contributed by atoms with van der Waals surface area (Å²) in [4.78, 5) is 45.2. The summed E-state index contributed by atoms with van der Waals surface area (Å²) >= 11 is 0. The van der Waals surface area contributed by atoms with Crippen LogP contribution < -0.4 is 9.68 Å². The number of ether oxygens (including phenoxy) is 2. The molecule has 6 atom stereocenters. The maximum atomic E-state index is 13.3.